The number of carboxylic acids is 1. The van der Waals surface area contributed by atoms with Crippen molar-refractivity contribution in [2.45, 2.75) is 63.4 Å². The molecule has 0 amide bonds. The third-order valence-electron chi connectivity index (χ3n) is 7.39. The van der Waals surface area contributed by atoms with E-state index in [1.54, 1.807) is 6.20 Å². The number of aliphatic hydroxyl groups is 1. The Balaban J connectivity index is 1.29. The van der Waals surface area contributed by atoms with Gasteiger partial charge in [-0.3, -0.25) is 9.78 Å². The molecule has 5 rings (SSSR count). The molecule has 0 bridgehead atoms. The lowest BCUT2D eigenvalue weighted by Crippen LogP contribution is -2.30. The van der Waals surface area contributed by atoms with Gasteiger partial charge in [-0.25, -0.2) is 18.7 Å². The van der Waals surface area contributed by atoms with Crippen molar-refractivity contribution in [2.75, 3.05) is 5.32 Å². The molecule has 0 aliphatic heterocycles. The fourth-order valence-electron chi connectivity index (χ4n) is 5.03. The molecule has 1 atom stereocenters. The van der Waals surface area contributed by atoms with Gasteiger partial charge in [-0.05, 0) is 92.3 Å². The van der Waals surface area contributed by atoms with Crippen LogP contribution in [-0.4, -0.2) is 37.2 Å². The van der Waals surface area contributed by atoms with Gasteiger partial charge in [0.25, 0.3) is 6.43 Å². The average Bonchev–Trinajstić information content (AvgIpc) is 3.75. The minimum Gasteiger partial charge on any atom is -0.481 e. The highest BCUT2D eigenvalue weighted by molar-refractivity contribution is 5.70. The van der Waals surface area contributed by atoms with E-state index in [-0.39, 0.29) is 17.4 Å². The van der Waals surface area contributed by atoms with Crippen molar-refractivity contribution in [3.05, 3.63) is 65.6 Å². The van der Waals surface area contributed by atoms with Crippen LogP contribution in [0.4, 0.5) is 20.4 Å². The fourth-order valence-corrected chi connectivity index (χ4v) is 5.03. The summed E-state index contributed by atoms with van der Waals surface area (Å²) in [6.07, 6.45) is 5.19. The van der Waals surface area contributed by atoms with Crippen LogP contribution in [0.1, 0.15) is 67.7 Å². The molecule has 2 saturated carbocycles. The van der Waals surface area contributed by atoms with Crippen LogP contribution in [0.15, 0.2) is 48.8 Å². The average molecular weight is 509 g/mol. The molecule has 37 heavy (non-hydrogen) atoms. The molecule has 3 N–H and O–H groups in total. The number of hydrogen-bond donors (Lipinski definition) is 3. The third kappa shape index (κ3) is 6.28. The van der Waals surface area contributed by atoms with Crippen LogP contribution < -0.4 is 5.32 Å². The van der Waals surface area contributed by atoms with E-state index < -0.39 is 18.5 Å². The second kappa shape index (κ2) is 10.9. The van der Waals surface area contributed by atoms with Gasteiger partial charge in [0.2, 0.25) is 0 Å². The molecule has 0 saturated heterocycles. The van der Waals surface area contributed by atoms with E-state index in [4.69, 9.17) is 4.98 Å². The first-order valence-corrected chi connectivity index (χ1v) is 12.7. The Morgan fingerprint density at radius 3 is 2.43 bits per heavy atom. The number of aliphatic hydroxyl groups excluding tert-OH is 1. The molecular formula is C28H30F2N4O3. The molecule has 2 aliphatic rings. The molecule has 1 unspecified atom stereocenters. The van der Waals surface area contributed by atoms with Crippen LogP contribution >= 0.6 is 0 Å². The minimum absolute atomic E-state index is 0.0831. The summed E-state index contributed by atoms with van der Waals surface area (Å²) in [4.78, 5) is 24.6. The van der Waals surface area contributed by atoms with E-state index in [1.807, 2.05) is 24.3 Å². The zero-order chi connectivity index (χ0) is 25.9. The molecule has 194 valence electrons. The topological polar surface area (TPSA) is 108 Å². The van der Waals surface area contributed by atoms with Gasteiger partial charge < -0.3 is 15.5 Å². The zero-order valence-electron chi connectivity index (χ0n) is 20.4. The molecule has 3 aromatic rings. The monoisotopic (exact) mass is 508 g/mol. The van der Waals surface area contributed by atoms with Crippen molar-refractivity contribution in [3.8, 4) is 11.3 Å². The number of nitrogens with one attached hydrogen (secondary N) is 1. The van der Waals surface area contributed by atoms with Gasteiger partial charge >= 0.3 is 5.97 Å². The number of aromatic nitrogens is 3. The van der Waals surface area contributed by atoms with Crippen LogP contribution in [0.25, 0.3) is 11.3 Å². The van der Waals surface area contributed by atoms with Crippen molar-refractivity contribution in [3.63, 3.8) is 0 Å². The molecule has 9 heteroatoms. The Bertz CT molecular complexity index is 1240. The predicted octanol–water partition coefficient (Wildman–Crippen LogP) is 5.89. The molecule has 7 nitrogen and oxygen atoms in total. The SMILES string of the molecule is O=C(O)C1CCC(C(O)Cc2ccc(-c3cc(C4CC4)cc(Nc4cc(C(F)F)ccn4)n3)cn2)CC1. The van der Waals surface area contributed by atoms with Gasteiger partial charge in [0, 0.05) is 35.6 Å². The first-order chi connectivity index (χ1) is 17.9. The minimum atomic E-state index is -2.58. The molecule has 0 radical (unpaired) electrons. The highest BCUT2D eigenvalue weighted by Gasteiger charge is 2.30. The number of carboxylic acid groups (broad SMARTS) is 1. The van der Waals surface area contributed by atoms with Gasteiger partial charge in [0.1, 0.15) is 11.6 Å². The van der Waals surface area contributed by atoms with Crippen LogP contribution in [0.2, 0.25) is 0 Å². The number of aliphatic carboxylic acids is 1. The maximum absolute atomic E-state index is 13.1. The lowest BCUT2D eigenvalue weighted by atomic mass is 9.78. The Labute approximate surface area is 214 Å². The molecular weight excluding hydrogens is 478 g/mol. The van der Waals surface area contributed by atoms with Gasteiger partial charge in [-0.2, -0.15) is 0 Å². The van der Waals surface area contributed by atoms with E-state index in [9.17, 15) is 23.8 Å². The van der Waals surface area contributed by atoms with Crippen LogP contribution in [0.5, 0.6) is 0 Å². The number of pyridine rings is 3. The molecule has 2 aliphatic carbocycles. The fraction of sp³-hybridized carbons (Fsp3) is 0.429. The summed E-state index contributed by atoms with van der Waals surface area (Å²) in [6, 6.07) is 10.4. The normalized spacial score (nSPS) is 20.5. The quantitative estimate of drug-likeness (QED) is 0.331. The number of nitrogens with zero attached hydrogens (tertiary/aromatic N) is 3. The van der Waals surface area contributed by atoms with Gasteiger partial charge in [-0.15, -0.1) is 0 Å². The van der Waals surface area contributed by atoms with E-state index in [1.165, 1.54) is 18.3 Å². The lowest BCUT2D eigenvalue weighted by molar-refractivity contribution is -0.143. The third-order valence-corrected chi connectivity index (χ3v) is 7.39. The van der Waals surface area contributed by atoms with Crippen molar-refractivity contribution >= 4 is 17.6 Å². The standard InChI is InChI=1S/C28H30F2N4O3/c29-27(30)19-9-10-31-25(12-19)34-26-13-21(16-1-2-16)11-23(33-26)20-7-8-22(32-15-20)14-24(35)17-3-5-18(6-4-17)28(36)37/h7-13,15-18,24,27,35H,1-6,14H2,(H,36,37)(H,31,33,34). The summed E-state index contributed by atoms with van der Waals surface area (Å²) in [5, 5.41) is 23.0. The lowest BCUT2D eigenvalue weighted by Gasteiger charge is -2.29. The highest BCUT2D eigenvalue weighted by atomic mass is 19.3. The molecule has 0 aromatic carbocycles. The number of alkyl halides is 2. The van der Waals surface area contributed by atoms with E-state index in [0.717, 1.165) is 35.4 Å². The summed E-state index contributed by atoms with van der Waals surface area (Å²) in [5.74, 6) is 0.337. The molecule has 0 spiro atoms. The first kappa shape index (κ1) is 25.2. The highest BCUT2D eigenvalue weighted by Crippen LogP contribution is 2.42. The van der Waals surface area contributed by atoms with E-state index in [0.29, 0.717) is 49.7 Å². The molecule has 3 aromatic heterocycles. The summed E-state index contributed by atoms with van der Waals surface area (Å²) in [5.41, 5.74) is 3.34. The zero-order valence-corrected chi connectivity index (χ0v) is 20.4. The number of rotatable bonds is 9. The van der Waals surface area contributed by atoms with Gasteiger partial charge in [0.05, 0.1) is 17.7 Å². The second-order valence-electron chi connectivity index (χ2n) is 10.1. The smallest absolute Gasteiger partial charge is 0.306 e. The Kier molecular flexibility index (Phi) is 7.41. The number of hydrogen-bond acceptors (Lipinski definition) is 6. The number of carbonyl (C=O) groups is 1. The summed E-state index contributed by atoms with van der Waals surface area (Å²) < 4.78 is 26.2. The van der Waals surface area contributed by atoms with Gasteiger partial charge in [0.15, 0.2) is 0 Å². The Hall–Kier alpha value is -3.46. The maximum Gasteiger partial charge on any atom is 0.306 e. The van der Waals surface area contributed by atoms with Crippen LogP contribution in [0.3, 0.4) is 0 Å². The number of halogens is 2. The van der Waals surface area contributed by atoms with Crippen LogP contribution in [-0.2, 0) is 11.2 Å². The summed E-state index contributed by atoms with van der Waals surface area (Å²) in [6.45, 7) is 0. The maximum atomic E-state index is 13.1. The van der Waals surface area contributed by atoms with Crippen LogP contribution in [0, 0.1) is 11.8 Å². The Morgan fingerprint density at radius 2 is 1.78 bits per heavy atom. The van der Waals surface area contributed by atoms with Crippen molar-refractivity contribution in [1.29, 1.82) is 0 Å². The van der Waals surface area contributed by atoms with E-state index in [2.05, 4.69) is 15.3 Å². The molecule has 2 fully saturated rings. The first-order valence-electron chi connectivity index (χ1n) is 12.7. The van der Waals surface area contributed by atoms with E-state index >= 15 is 0 Å². The van der Waals surface area contributed by atoms with Gasteiger partial charge in [-0.1, -0.05) is 0 Å². The number of anilines is 2. The Morgan fingerprint density at radius 1 is 1.00 bits per heavy atom. The van der Waals surface area contributed by atoms with Crippen molar-refractivity contribution < 1.29 is 23.8 Å². The predicted molar refractivity (Wildman–Crippen MR) is 135 cm³/mol. The summed E-state index contributed by atoms with van der Waals surface area (Å²) in [7, 11) is 0. The largest absolute Gasteiger partial charge is 0.481 e. The summed E-state index contributed by atoms with van der Waals surface area (Å²) >= 11 is 0. The second-order valence-corrected chi connectivity index (χ2v) is 10.1. The van der Waals surface area contributed by atoms with Crippen molar-refractivity contribution in [2.24, 2.45) is 11.8 Å². The van der Waals surface area contributed by atoms with Crippen molar-refractivity contribution in [1.82, 2.24) is 15.0 Å². The molecule has 3 heterocycles.